The molecular formula is C39H45N9O3. The minimum atomic E-state index is -0.459. The molecule has 12 heteroatoms. The van der Waals surface area contributed by atoms with Crippen LogP contribution in [0.1, 0.15) is 100 Å². The zero-order chi connectivity index (χ0) is 36.8. The second-order valence-electron chi connectivity index (χ2n) is 16.4. The highest BCUT2D eigenvalue weighted by molar-refractivity contribution is 5.96. The zero-order valence-corrected chi connectivity index (χ0v) is 31.4. The van der Waals surface area contributed by atoms with Crippen molar-refractivity contribution in [3.63, 3.8) is 0 Å². The van der Waals surface area contributed by atoms with Crippen LogP contribution in [0.2, 0.25) is 0 Å². The summed E-state index contributed by atoms with van der Waals surface area (Å²) in [4.78, 5) is 43.1. The van der Waals surface area contributed by atoms with Gasteiger partial charge in [-0.25, -0.2) is 29.9 Å². The summed E-state index contributed by atoms with van der Waals surface area (Å²) in [6, 6.07) is 11.4. The van der Waals surface area contributed by atoms with E-state index < -0.39 is 16.8 Å². The molecule has 7 heterocycles. The van der Waals surface area contributed by atoms with Gasteiger partial charge in [0.05, 0.1) is 16.6 Å². The third-order valence-electron chi connectivity index (χ3n) is 11.0. The molecule has 0 N–H and O–H groups in total. The van der Waals surface area contributed by atoms with Crippen LogP contribution in [0.25, 0.3) is 34.2 Å². The third-order valence-corrected chi connectivity index (χ3v) is 11.0. The molecule has 12 nitrogen and oxygen atoms in total. The average molecular weight is 688 g/mol. The average Bonchev–Trinajstić information content (AvgIpc) is 3.53. The van der Waals surface area contributed by atoms with E-state index in [4.69, 9.17) is 59.1 Å². The Morgan fingerprint density at radius 1 is 0.373 bits per heavy atom. The lowest BCUT2D eigenvalue weighted by atomic mass is 9.87. The van der Waals surface area contributed by atoms with Crippen molar-refractivity contribution in [1.29, 1.82) is 0 Å². The normalized spacial score (nSPS) is 21.5. The van der Waals surface area contributed by atoms with Crippen molar-refractivity contribution < 1.29 is 14.2 Å². The van der Waals surface area contributed by atoms with E-state index in [-0.39, 0.29) is 16.6 Å². The third kappa shape index (κ3) is 5.94. The Balaban J connectivity index is 1.25. The molecule has 0 bridgehead atoms. The molecule has 0 amide bonds. The topological polar surface area (TPSA) is 142 Å². The largest absolute Gasteiger partial charge is 0.468 e. The van der Waals surface area contributed by atoms with Gasteiger partial charge in [-0.05, 0) is 119 Å². The molecule has 264 valence electrons. The molecule has 0 fully saturated rings. The molecule has 51 heavy (non-hydrogen) atoms. The predicted molar refractivity (Wildman–Crippen MR) is 197 cm³/mol. The van der Waals surface area contributed by atoms with Gasteiger partial charge in [-0.2, -0.15) is 0 Å². The predicted octanol–water partition coefficient (Wildman–Crippen LogP) is 7.06. The first-order valence-electron chi connectivity index (χ1n) is 17.2. The van der Waals surface area contributed by atoms with E-state index in [1.165, 1.54) is 0 Å². The SMILES string of the molecule is CC1(C)N=C(c2ccc(-c3nc(-c4ccc(C5=NC(C)(C)C(C)(C)O5)nc4)nc(-c4ccc(C5=NC(C)(C)C(C)(C)O5)nc4)n3)cn2)OC1(C)C. The maximum Gasteiger partial charge on any atom is 0.236 e. The molecule has 0 atom stereocenters. The van der Waals surface area contributed by atoms with Crippen LogP contribution < -0.4 is 0 Å². The molecule has 0 aromatic carbocycles. The second-order valence-corrected chi connectivity index (χ2v) is 16.4. The summed E-state index contributed by atoms with van der Waals surface area (Å²) in [7, 11) is 0. The number of pyridine rings is 3. The summed E-state index contributed by atoms with van der Waals surface area (Å²) in [6.45, 7) is 24.5. The number of ether oxygens (including phenoxy) is 3. The fourth-order valence-electron chi connectivity index (χ4n) is 5.38. The maximum absolute atomic E-state index is 6.19. The summed E-state index contributed by atoms with van der Waals surface area (Å²) < 4.78 is 18.6. The zero-order valence-electron chi connectivity index (χ0n) is 31.4. The van der Waals surface area contributed by atoms with Crippen molar-refractivity contribution in [2.75, 3.05) is 0 Å². The second kappa shape index (κ2) is 11.2. The number of rotatable bonds is 6. The highest BCUT2D eigenvalue weighted by Gasteiger charge is 2.47. The van der Waals surface area contributed by atoms with E-state index in [0.29, 0.717) is 68.9 Å². The van der Waals surface area contributed by atoms with Crippen molar-refractivity contribution in [2.45, 2.75) is 117 Å². The Hall–Kier alpha value is -5.13. The molecule has 0 unspecified atom stereocenters. The van der Waals surface area contributed by atoms with Crippen LogP contribution in [0.3, 0.4) is 0 Å². The maximum atomic E-state index is 6.19. The Morgan fingerprint density at radius 3 is 0.804 bits per heavy atom. The van der Waals surface area contributed by atoms with Crippen LogP contribution in [0.4, 0.5) is 0 Å². The first-order valence-corrected chi connectivity index (χ1v) is 17.2. The Morgan fingerprint density at radius 2 is 0.627 bits per heavy atom. The number of aliphatic imine (C=N–C) groups is 3. The van der Waals surface area contributed by atoms with Gasteiger partial charge in [0, 0.05) is 35.3 Å². The quantitative estimate of drug-likeness (QED) is 0.208. The number of hydrogen-bond donors (Lipinski definition) is 0. The fraction of sp³-hybridized carbons (Fsp3) is 0.462. The highest BCUT2D eigenvalue weighted by atomic mass is 16.5. The van der Waals surface area contributed by atoms with Crippen LogP contribution in [-0.4, -0.2) is 81.0 Å². The molecule has 0 aliphatic carbocycles. The van der Waals surface area contributed by atoms with Gasteiger partial charge in [-0.3, -0.25) is 15.0 Å². The van der Waals surface area contributed by atoms with Crippen LogP contribution in [-0.2, 0) is 14.2 Å². The highest BCUT2D eigenvalue weighted by Crippen LogP contribution is 2.38. The fourth-order valence-corrected chi connectivity index (χ4v) is 5.38. The van der Waals surface area contributed by atoms with Gasteiger partial charge in [0.1, 0.15) is 33.9 Å². The van der Waals surface area contributed by atoms with Gasteiger partial charge in [0.25, 0.3) is 0 Å². The Labute approximate surface area is 299 Å². The van der Waals surface area contributed by atoms with Crippen LogP contribution >= 0.6 is 0 Å². The lowest BCUT2D eigenvalue weighted by Gasteiger charge is -2.30. The molecular weight excluding hydrogens is 642 g/mol. The summed E-state index contributed by atoms with van der Waals surface area (Å²) in [6.07, 6.45) is 5.18. The molecule has 4 aromatic heterocycles. The minimum absolute atomic E-state index is 0.389. The Kier molecular flexibility index (Phi) is 7.53. The Bertz CT molecular complexity index is 1860. The van der Waals surface area contributed by atoms with Gasteiger partial charge in [-0.15, -0.1) is 0 Å². The van der Waals surface area contributed by atoms with Crippen LogP contribution in [0, 0.1) is 0 Å². The van der Waals surface area contributed by atoms with E-state index in [1.807, 2.05) is 77.9 Å². The summed E-state index contributed by atoms with van der Waals surface area (Å²) in [5, 5.41) is 0. The molecule has 7 rings (SSSR count). The van der Waals surface area contributed by atoms with E-state index >= 15 is 0 Å². The molecule has 0 saturated heterocycles. The minimum Gasteiger partial charge on any atom is -0.468 e. The molecule has 0 radical (unpaired) electrons. The van der Waals surface area contributed by atoms with Gasteiger partial charge in [-0.1, -0.05) is 0 Å². The lowest BCUT2D eigenvalue weighted by Crippen LogP contribution is -2.41. The van der Waals surface area contributed by atoms with Gasteiger partial charge < -0.3 is 14.2 Å². The standard InChI is InChI=1S/C39H45N9O3/c1-34(2)37(7,8)49-31(46-34)25-16-13-22(19-40-25)28-43-29(23-14-17-26(41-20-23)32-47-35(3,4)38(9,10)50-32)45-30(44-28)24-15-18-27(42-21-24)33-48-36(5,6)39(11,12)51-33/h13-21H,1-12H3. The number of hydrogen-bond acceptors (Lipinski definition) is 12. The van der Waals surface area contributed by atoms with Crippen molar-refractivity contribution in [2.24, 2.45) is 15.0 Å². The van der Waals surface area contributed by atoms with Gasteiger partial charge >= 0.3 is 0 Å². The summed E-state index contributed by atoms with van der Waals surface area (Å²) in [5.41, 5.74) is 1.47. The van der Waals surface area contributed by atoms with Crippen molar-refractivity contribution in [3.05, 3.63) is 72.1 Å². The lowest BCUT2D eigenvalue weighted by molar-refractivity contribution is 0.0616. The molecule has 0 spiro atoms. The van der Waals surface area contributed by atoms with E-state index in [0.717, 1.165) is 0 Å². The first kappa shape index (κ1) is 34.3. The monoisotopic (exact) mass is 687 g/mol. The van der Waals surface area contributed by atoms with E-state index in [9.17, 15) is 0 Å². The van der Waals surface area contributed by atoms with Crippen LogP contribution in [0.15, 0.2) is 70.0 Å². The van der Waals surface area contributed by atoms with E-state index in [2.05, 4.69) is 41.5 Å². The number of aromatic nitrogens is 6. The summed E-state index contributed by atoms with van der Waals surface area (Å²) >= 11 is 0. The number of nitrogens with zero attached hydrogens (tertiary/aromatic N) is 9. The van der Waals surface area contributed by atoms with Crippen molar-refractivity contribution in [1.82, 2.24) is 29.9 Å². The van der Waals surface area contributed by atoms with Crippen molar-refractivity contribution >= 4 is 17.7 Å². The van der Waals surface area contributed by atoms with E-state index in [1.54, 1.807) is 18.6 Å². The molecule has 0 saturated carbocycles. The smallest absolute Gasteiger partial charge is 0.236 e. The molecule has 3 aliphatic heterocycles. The molecule has 4 aromatic rings. The van der Waals surface area contributed by atoms with Crippen LogP contribution in [0.5, 0.6) is 0 Å². The summed E-state index contributed by atoms with van der Waals surface area (Å²) in [5.74, 6) is 2.85. The van der Waals surface area contributed by atoms with Gasteiger partial charge in [0.15, 0.2) is 17.5 Å². The van der Waals surface area contributed by atoms with Crippen molar-refractivity contribution in [3.8, 4) is 34.2 Å². The first-order chi connectivity index (χ1) is 23.7. The molecule has 3 aliphatic rings. The van der Waals surface area contributed by atoms with Gasteiger partial charge in [0.2, 0.25) is 17.7 Å².